The van der Waals surface area contributed by atoms with E-state index in [2.05, 4.69) is 15.4 Å². The molecular weight excluding hydrogens is 368 g/mol. The Morgan fingerprint density at radius 3 is 2.85 bits per heavy atom. The molecule has 0 aromatic carbocycles. The van der Waals surface area contributed by atoms with Crippen molar-refractivity contribution < 1.29 is 4.79 Å². The fourth-order valence-electron chi connectivity index (χ4n) is 2.39. The van der Waals surface area contributed by atoms with Gasteiger partial charge in [0, 0.05) is 23.6 Å². The summed E-state index contributed by atoms with van der Waals surface area (Å²) in [5.41, 5.74) is 1.42. The van der Waals surface area contributed by atoms with Crippen molar-refractivity contribution in [3.8, 4) is 10.6 Å². The summed E-state index contributed by atoms with van der Waals surface area (Å²) < 4.78 is 1.37. The number of nitrogens with zero attached hydrogens (tertiary/aromatic N) is 3. The Morgan fingerprint density at radius 1 is 1.31 bits per heavy atom. The molecule has 0 radical (unpaired) electrons. The molecule has 0 saturated carbocycles. The summed E-state index contributed by atoms with van der Waals surface area (Å²) >= 11 is 3.11. The van der Waals surface area contributed by atoms with Crippen LogP contribution in [0.4, 0.5) is 0 Å². The highest BCUT2D eigenvalue weighted by molar-refractivity contribution is 7.15. The number of thiazole rings is 1. The van der Waals surface area contributed by atoms with Crippen molar-refractivity contribution in [3.63, 3.8) is 0 Å². The van der Waals surface area contributed by atoms with Crippen molar-refractivity contribution in [1.29, 1.82) is 0 Å². The summed E-state index contributed by atoms with van der Waals surface area (Å²) in [7, 11) is 0. The minimum atomic E-state index is -0.198. The molecule has 6 nitrogen and oxygen atoms in total. The summed E-state index contributed by atoms with van der Waals surface area (Å²) in [5.74, 6) is -0.198. The van der Waals surface area contributed by atoms with Crippen molar-refractivity contribution in [2.24, 2.45) is 0 Å². The van der Waals surface area contributed by atoms with Gasteiger partial charge in [0.15, 0.2) is 0 Å². The van der Waals surface area contributed by atoms with Gasteiger partial charge in [-0.1, -0.05) is 6.07 Å². The third-order valence-electron chi connectivity index (χ3n) is 3.57. The molecule has 0 aliphatic carbocycles. The Hall–Kier alpha value is -2.58. The lowest BCUT2D eigenvalue weighted by Crippen LogP contribution is -2.31. The largest absolute Gasteiger partial charge is 0.351 e. The normalized spacial score (nSPS) is 11.2. The molecule has 134 valence electrons. The first-order valence-corrected chi connectivity index (χ1v) is 9.74. The van der Waals surface area contributed by atoms with E-state index in [0.717, 1.165) is 26.1 Å². The van der Waals surface area contributed by atoms with E-state index in [0.29, 0.717) is 13.1 Å². The summed E-state index contributed by atoms with van der Waals surface area (Å²) in [4.78, 5) is 30.2. The van der Waals surface area contributed by atoms with Crippen molar-refractivity contribution >= 4 is 34.7 Å². The third-order valence-corrected chi connectivity index (χ3v) is 5.50. The van der Waals surface area contributed by atoms with Crippen LogP contribution >= 0.6 is 22.7 Å². The Bertz CT molecular complexity index is 987. The van der Waals surface area contributed by atoms with E-state index in [-0.39, 0.29) is 11.5 Å². The van der Waals surface area contributed by atoms with Crippen LogP contribution in [0.2, 0.25) is 0 Å². The van der Waals surface area contributed by atoms with E-state index < -0.39 is 0 Å². The van der Waals surface area contributed by atoms with E-state index in [1.54, 1.807) is 34.8 Å². The summed E-state index contributed by atoms with van der Waals surface area (Å²) in [6.07, 6.45) is 3.25. The zero-order chi connectivity index (χ0) is 18.5. The average molecular weight is 387 g/mol. The van der Waals surface area contributed by atoms with Gasteiger partial charge in [-0.25, -0.2) is 9.67 Å². The van der Waals surface area contributed by atoms with Crippen LogP contribution in [0.5, 0.6) is 0 Å². The smallest absolute Gasteiger partial charge is 0.266 e. The van der Waals surface area contributed by atoms with Gasteiger partial charge in [-0.15, -0.1) is 22.7 Å². The number of carbonyl (C=O) groups excluding carboxylic acids is 1. The molecule has 0 spiro atoms. The van der Waals surface area contributed by atoms with Crippen LogP contribution in [-0.2, 0) is 11.3 Å². The number of carbonyl (C=O) groups is 1. The van der Waals surface area contributed by atoms with E-state index >= 15 is 0 Å². The molecule has 26 heavy (non-hydrogen) atoms. The predicted molar refractivity (Wildman–Crippen MR) is 105 cm³/mol. The first-order valence-electron chi connectivity index (χ1n) is 8.05. The topological polar surface area (TPSA) is 76.9 Å². The van der Waals surface area contributed by atoms with Crippen LogP contribution in [0.15, 0.2) is 40.5 Å². The highest BCUT2D eigenvalue weighted by Gasteiger charge is 2.10. The molecule has 0 aliphatic heterocycles. The molecule has 3 heterocycles. The van der Waals surface area contributed by atoms with Gasteiger partial charge in [0.05, 0.1) is 22.1 Å². The van der Waals surface area contributed by atoms with Crippen molar-refractivity contribution in [3.05, 3.63) is 61.7 Å². The number of aryl methyl sites for hydroxylation is 2. The molecule has 3 rings (SSSR count). The van der Waals surface area contributed by atoms with E-state index in [1.807, 2.05) is 31.4 Å². The van der Waals surface area contributed by atoms with Crippen LogP contribution in [0.1, 0.15) is 15.6 Å². The van der Waals surface area contributed by atoms with Gasteiger partial charge >= 0.3 is 0 Å². The average Bonchev–Trinajstić information content (AvgIpc) is 3.24. The first kappa shape index (κ1) is 18.2. The van der Waals surface area contributed by atoms with Gasteiger partial charge in [-0.3, -0.25) is 9.59 Å². The maximum atomic E-state index is 12.0. The summed E-state index contributed by atoms with van der Waals surface area (Å²) in [6, 6.07) is 7.07. The highest BCUT2D eigenvalue weighted by Crippen LogP contribution is 2.27. The zero-order valence-electron chi connectivity index (χ0n) is 14.4. The molecule has 0 aliphatic rings. The predicted octanol–water partition coefficient (Wildman–Crippen LogP) is 2.87. The lowest BCUT2D eigenvalue weighted by atomic mass is 10.3. The van der Waals surface area contributed by atoms with Crippen LogP contribution < -0.4 is 10.9 Å². The molecular formula is C18H18N4O2S2. The van der Waals surface area contributed by atoms with Crippen LogP contribution in [0, 0.1) is 13.8 Å². The number of rotatable bonds is 6. The number of aromatic nitrogens is 3. The molecule has 1 N–H and O–H groups in total. The molecule has 0 atom stereocenters. The second kappa shape index (κ2) is 8.20. The third kappa shape index (κ3) is 4.53. The van der Waals surface area contributed by atoms with Gasteiger partial charge in [0.2, 0.25) is 5.91 Å². The SMILES string of the molecule is Cc1nc(C)c(-c2ccc(=O)n(CCNC(=O)/C=C\c3cccs3)n2)s1. The summed E-state index contributed by atoms with van der Waals surface area (Å²) in [5, 5.41) is 10.1. The van der Waals surface area contributed by atoms with Crippen molar-refractivity contribution in [2.75, 3.05) is 6.54 Å². The molecule has 0 fully saturated rings. The maximum Gasteiger partial charge on any atom is 0.266 e. The quantitative estimate of drug-likeness (QED) is 0.661. The van der Waals surface area contributed by atoms with E-state index in [1.165, 1.54) is 16.8 Å². The summed E-state index contributed by atoms with van der Waals surface area (Å²) in [6.45, 7) is 4.50. The van der Waals surface area contributed by atoms with Crippen LogP contribution in [0.3, 0.4) is 0 Å². The minimum Gasteiger partial charge on any atom is -0.351 e. The molecule has 3 aromatic heterocycles. The van der Waals surface area contributed by atoms with Gasteiger partial charge in [-0.05, 0) is 37.4 Å². The van der Waals surface area contributed by atoms with Crippen molar-refractivity contribution in [2.45, 2.75) is 20.4 Å². The number of amides is 1. The van der Waals surface area contributed by atoms with Crippen LogP contribution in [0.25, 0.3) is 16.6 Å². The Kier molecular flexibility index (Phi) is 5.75. The number of thiophene rings is 1. The molecule has 8 heteroatoms. The second-order valence-corrected chi connectivity index (χ2v) is 7.75. The van der Waals surface area contributed by atoms with Crippen molar-refractivity contribution in [1.82, 2.24) is 20.1 Å². The van der Waals surface area contributed by atoms with E-state index in [4.69, 9.17) is 0 Å². The lowest BCUT2D eigenvalue weighted by molar-refractivity contribution is -0.116. The maximum absolute atomic E-state index is 12.0. The Labute approximate surface area is 158 Å². The standard InChI is InChI=1S/C18H18N4O2S2/c1-12-18(26-13(2)20-12)15-6-8-17(24)22(21-15)10-9-19-16(23)7-5-14-4-3-11-25-14/h3-8,11H,9-10H2,1-2H3,(H,19,23)/b7-5-. The minimum absolute atomic E-state index is 0.198. The fraction of sp³-hybridized carbons (Fsp3) is 0.222. The second-order valence-electron chi connectivity index (χ2n) is 5.57. The zero-order valence-corrected chi connectivity index (χ0v) is 16.1. The molecule has 3 aromatic rings. The molecule has 0 unspecified atom stereocenters. The number of nitrogens with one attached hydrogen (secondary N) is 1. The van der Waals surface area contributed by atoms with Gasteiger partial charge in [-0.2, -0.15) is 5.10 Å². The van der Waals surface area contributed by atoms with Crippen LogP contribution in [-0.4, -0.2) is 27.2 Å². The Morgan fingerprint density at radius 2 is 2.15 bits per heavy atom. The van der Waals surface area contributed by atoms with E-state index in [9.17, 15) is 9.59 Å². The molecule has 1 amide bonds. The van der Waals surface area contributed by atoms with Gasteiger partial charge < -0.3 is 5.32 Å². The fourth-order valence-corrected chi connectivity index (χ4v) is 3.89. The monoisotopic (exact) mass is 386 g/mol. The molecule has 0 bridgehead atoms. The number of hydrogen-bond acceptors (Lipinski definition) is 6. The Balaban J connectivity index is 1.63. The molecule has 0 saturated heterocycles. The number of hydrogen-bond donors (Lipinski definition) is 1. The van der Waals surface area contributed by atoms with Gasteiger partial charge in [0.1, 0.15) is 5.69 Å². The van der Waals surface area contributed by atoms with Gasteiger partial charge in [0.25, 0.3) is 5.56 Å². The lowest BCUT2D eigenvalue weighted by Gasteiger charge is -2.07. The highest BCUT2D eigenvalue weighted by atomic mass is 32.1. The first-order chi connectivity index (χ1) is 12.5.